The first-order valence-electron chi connectivity index (χ1n) is 2.38. The standard InChI is InChI=1S/C5H7N/c1-4-2-6-3-5(1)4/h1,4,6H,2-3H2/t4-/m1/s1. The van der Waals surface area contributed by atoms with Crippen LogP contribution in [0.2, 0.25) is 0 Å². The third-order valence-electron chi connectivity index (χ3n) is 1.48. The summed E-state index contributed by atoms with van der Waals surface area (Å²) in [5.74, 6) is 0.894. The highest BCUT2D eigenvalue weighted by Gasteiger charge is 2.28. The Morgan fingerprint density at radius 3 is 3.00 bits per heavy atom. The van der Waals surface area contributed by atoms with Gasteiger partial charge in [-0.2, -0.15) is 0 Å². The zero-order valence-electron chi connectivity index (χ0n) is 3.57. The average Bonchev–Trinajstić information content (AvgIpc) is 2.17. The Hall–Kier alpha value is -0.300. The first kappa shape index (κ1) is 2.80. The Kier molecular flexibility index (Phi) is 0.320. The predicted octanol–water partition coefficient (Wildman–Crippen LogP) is 0.146. The van der Waals surface area contributed by atoms with Crippen molar-refractivity contribution in [2.75, 3.05) is 13.1 Å². The molecule has 32 valence electrons. The Morgan fingerprint density at radius 1 is 1.83 bits per heavy atom. The molecule has 6 heavy (non-hydrogen) atoms. The van der Waals surface area contributed by atoms with Crippen molar-refractivity contribution in [3.05, 3.63) is 11.6 Å². The van der Waals surface area contributed by atoms with Crippen molar-refractivity contribution >= 4 is 0 Å². The summed E-state index contributed by atoms with van der Waals surface area (Å²) in [5.41, 5.74) is 1.63. The van der Waals surface area contributed by atoms with Gasteiger partial charge in [-0.1, -0.05) is 11.6 Å². The third kappa shape index (κ3) is 0.197. The minimum Gasteiger partial charge on any atom is -0.312 e. The van der Waals surface area contributed by atoms with Crippen molar-refractivity contribution < 1.29 is 0 Å². The average molecular weight is 81.1 g/mol. The summed E-state index contributed by atoms with van der Waals surface area (Å²) in [5, 5.41) is 3.25. The molecule has 1 N–H and O–H groups in total. The Balaban J connectivity index is 2.22. The molecule has 0 unspecified atom stereocenters. The van der Waals surface area contributed by atoms with Gasteiger partial charge in [0.05, 0.1) is 0 Å². The fourth-order valence-corrected chi connectivity index (χ4v) is 0.962. The number of nitrogens with one attached hydrogen (secondary N) is 1. The molecule has 2 aliphatic rings. The monoisotopic (exact) mass is 81.1 g/mol. The molecule has 1 heterocycles. The predicted molar refractivity (Wildman–Crippen MR) is 24.4 cm³/mol. The summed E-state index contributed by atoms with van der Waals surface area (Å²) >= 11 is 0. The second-order valence-electron chi connectivity index (χ2n) is 1.98. The molecule has 0 aromatic rings. The molecule has 0 aromatic carbocycles. The van der Waals surface area contributed by atoms with Gasteiger partial charge in [0, 0.05) is 19.0 Å². The summed E-state index contributed by atoms with van der Waals surface area (Å²) < 4.78 is 0. The molecule has 0 spiro atoms. The SMILES string of the molecule is C1=C2CNC[C@@H]12. The number of hydrogen-bond donors (Lipinski definition) is 1. The Bertz CT molecular complexity index is 105. The third-order valence-corrected chi connectivity index (χ3v) is 1.48. The van der Waals surface area contributed by atoms with Gasteiger partial charge in [-0.05, 0) is 0 Å². The van der Waals surface area contributed by atoms with Gasteiger partial charge in [0.2, 0.25) is 0 Å². The maximum Gasteiger partial charge on any atom is 0.0171 e. The molecule has 0 bridgehead atoms. The number of hydrogen-bond acceptors (Lipinski definition) is 1. The fraction of sp³-hybridized carbons (Fsp3) is 0.600. The van der Waals surface area contributed by atoms with Crippen LogP contribution in [-0.4, -0.2) is 13.1 Å². The van der Waals surface area contributed by atoms with Crippen LogP contribution >= 0.6 is 0 Å². The molecular formula is C5H7N. The van der Waals surface area contributed by atoms with Crippen molar-refractivity contribution in [1.29, 1.82) is 0 Å². The van der Waals surface area contributed by atoms with Gasteiger partial charge in [0.1, 0.15) is 0 Å². The van der Waals surface area contributed by atoms with Crippen LogP contribution in [0, 0.1) is 5.92 Å². The van der Waals surface area contributed by atoms with E-state index in [0.717, 1.165) is 5.92 Å². The lowest BCUT2D eigenvalue weighted by molar-refractivity contribution is 0.801. The molecule has 0 radical (unpaired) electrons. The van der Waals surface area contributed by atoms with E-state index in [-0.39, 0.29) is 0 Å². The van der Waals surface area contributed by atoms with E-state index in [1.54, 1.807) is 5.57 Å². The van der Waals surface area contributed by atoms with E-state index in [9.17, 15) is 0 Å². The Labute approximate surface area is 37.0 Å². The normalized spacial score (nSPS) is 38.7. The van der Waals surface area contributed by atoms with Gasteiger partial charge < -0.3 is 5.32 Å². The second-order valence-corrected chi connectivity index (χ2v) is 1.98. The van der Waals surface area contributed by atoms with Gasteiger partial charge in [-0.3, -0.25) is 0 Å². The summed E-state index contributed by atoms with van der Waals surface area (Å²) in [4.78, 5) is 0. The fourth-order valence-electron chi connectivity index (χ4n) is 0.962. The van der Waals surface area contributed by atoms with Crippen LogP contribution in [0.5, 0.6) is 0 Å². The molecule has 0 amide bonds. The van der Waals surface area contributed by atoms with Gasteiger partial charge in [-0.25, -0.2) is 0 Å². The van der Waals surface area contributed by atoms with Crippen molar-refractivity contribution in [3.8, 4) is 0 Å². The number of fused-ring (bicyclic) bond motifs is 1. The molecule has 1 nitrogen and oxygen atoms in total. The highest BCUT2D eigenvalue weighted by molar-refractivity contribution is 5.34. The lowest BCUT2D eigenvalue weighted by atomic mass is 10.4. The topological polar surface area (TPSA) is 12.0 Å². The van der Waals surface area contributed by atoms with Gasteiger partial charge in [0.25, 0.3) is 0 Å². The summed E-state index contributed by atoms with van der Waals surface area (Å²) in [6.45, 7) is 2.39. The molecule has 1 heteroatoms. The van der Waals surface area contributed by atoms with Gasteiger partial charge in [0.15, 0.2) is 0 Å². The molecule has 0 aromatic heterocycles. The molecule has 1 aliphatic carbocycles. The van der Waals surface area contributed by atoms with Crippen molar-refractivity contribution in [3.63, 3.8) is 0 Å². The van der Waals surface area contributed by atoms with Crippen LogP contribution in [0.25, 0.3) is 0 Å². The maximum atomic E-state index is 3.25. The maximum absolute atomic E-state index is 3.25. The summed E-state index contributed by atoms with van der Waals surface area (Å²) in [6.07, 6.45) is 2.33. The van der Waals surface area contributed by atoms with Crippen LogP contribution in [0.3, 0.4) is 0 Å². The number of rotatable bonds is 0. The van der Waals surface area contributed by atoms with E-state index < -0.39 is 0 Å². The first-order valence-corrected chi connectivity index (χ1v) is 2.38. The van der Waals surface area contributed by atoms with Gasteiger partial charge in [-0.15, -0.1) is 0 Å². The minimum absolute atomic E-state index is 0.894. The van der Waals surface area contributed by atoms with E-state index in [4.69, 9.17) is 0 Å². The zero-order valence-corrected chi connectivity index (χ0v) is 3.57. The van der Waals surface area contributed by atoms with E-state index in [0.29, 0.717) is 0 Å². The van der Waals surface area contributed by atoms with Gasteiger partial charge >= 0.3 is 0 Å². The molecule has 1 atom stereocenters. The van der Waals surface area contributed by atoms with Crippen LogP contribution in [-0.2, 0) is 0 Å². The zero-order chi connectivity index (χ0) is 3.98. The second kappa shape index (κ2) is 0.684. The highest BCUT2D eigenvalue weighted by atomic mass is 14.9. The lowest BCUT2D eigenvalue weighted by Crippen LogP contribution is -2.08. The molecule has 1 fully saturated rings. The smallest absolute Gasteiger partial charge is 0.0171 e. The largest absolute Gasteiger partial charge is 0.312 e. The highest BCUT2D eigenvalue weighted by Crippen LogP contribution is 2.30. The van der Waals surface area contributed by atoms with Crippen LogP contribution < -0.4 is 5.32 Å². The van der Waals surface area contributed by atoms with Crippen molar-refractivity contribution in [2.24, 2.45) is 5.92 Å². The van der Waals surface area contributed by atoms with E-state index in [1.165, 1.54) is 13.1 Å². The quantitative estimate of drug-likeness (QED) is 0.409. The van der Waals surface area contributed by atoms with E-state index in [2.05, 4.69) is 11.4 Å². The van der Waals surface area contributed by atoms with E-state index >= 15 is 0 Å². The minimum atomic E-state index is 0.894. The molecule has 2 rings (SSSR count). The van der Waals surface area contributed by atoms with E-state index in [1.807, 2.05) is 0 Å². The summed E-state index contributed by atoms with van der Waals surface area (Å²) in [6, 6.07) is 0. The van der Waals surface area contributed by atoms with Crippen LogP contribution in [0.15, 0.2) is 11.6 Å². The summed E-state index contributed by atoms with van der Waals surface area (Å²) in [7, 11) is 0. The van der Waals surface area contributed by atoms with Crippen LogP contribution in [0.4, 0.5) is 0 Å². The Morgan fingerprint density at radius 2 is 2.83 bits per heavy atom. The molecule has 1 aliphatic heterocycles. The molecule has 1 saturated heterocycles. The molecule has 0 saturated carbocycles. The first-order chi connectivity index (χ1) is 2.97. The molecular weight excluding hydrogens is 74.1 g/mol. The lowest BCUT2D eigenvalue weighted by Gasteiger charge is -1.83. The van der Waals surface area contributed by atoms with Crippen molar-refractivity contribution in [1.82, 2.24) is 5.32 Å². The van der Waals surface area contributed by atoms with Crippen LogP contribution in [0.1, 0.15) is 0 Å². The van der Waals surface area contributed by atoms with Crippen molar-refractivity contribution in [2.45, 2.75) is 0 Å².